The van der Waals surface area contributed by atoms with E-state index in [1.54, 1.807) is 0 Å². The van der Waals surface area contributed by atoms with Gasteiger partial charge in [0.15, 0.2) is 0 Å². The summed E-state index contributed by atoms with van der Waals surface area (Å²) in [6.07, 6.45) is 5.98. The van der Waals surface area contributed by atoms with E-state index >= 15 is 0 Å². The van der Waals surface area contributed by atoms with E-state index < -0.39 is 0 Å². The third-order valence-electron chi connectivity index (χ3n) is 1.37. The van der Waals surface area contributed by atoms with Crippen LogP contribution < -0.4 is 5.73 Å². The maximum Gasteiger partial charge on any atom is 0.0134 e. The fourth-order valence-electron chi connectivity index (χ4n) is 0.636. The maximum absolute atomic E-state index is 5.39. The van der Waals surface area contributed by atoms with Crippen LogP contribution in [0.2, 0.25) is 0 Å². The first-order valence-electron chi connectivity index (χ1n) is 3.67. The molecule has 0 unspecified atom stereocenters. The summed E-state index contributed by atoms with van der Waals surface area (Å²) >= 11 is 0. The summed E-state index contributed by atoms with van der Waals surface area (Å²) in [5.41, 5.74) is 6.69. The zero-order valence-electron chi connectivity index (χ0n) is 6.48. The molecule has 0 aromatic carbocycles. The van der Waals surface area contributed by atoms with Crippen molar-refractivity contribution in [1.82, 2.24) is 0 Å². The molecule has 0 saturated heterocycles. The lowest BCUT2D eigenvalue weighted by Gasteiger charge is -1.93. The highest BCUT2D eigenvalue weighted by molar-refractivity contribution is 4.98. The van der Waals surface area contributed by atoms with Crippen LogP contribution in [0.5, 0.6) is 0 Å². The molecule has 0 aromatic rings. The molecule has 1 nitrogen and oxygen atoms in total. The van der Waals surface area contributed by atoms with Crippen LogP contribution in [0.15, 0.2) is 11.6 Å². The summed E-state index contributed by atoms with van der Waals surface area (Å²) in [4.78, 5) is 0. The molecule has 0 radical (unpaired) electrons. The lowest BCUT2D eigenvalue weighted by Crippen LogP contribution is -1.99. The maximum atomic E-state index is 5.39. The molecular weight excluding hydrogens is 110 g/mol. The fourth-order valence-corrected chi connectivity index (χ4v) is 0.636. The topological polar surface area (TPSA) is 26.0 Å². The molecule has 0 bridgehead atoms. The van der Waals surface area contributed by atoms with Gasteiger partial charge < -0.3 is 5.73 Å². The number of allylic oxidation sites excluding steroid dienone is 1. The second-order valence-electron chi connectivity index (χ2n) is 2.40. The van der Waals surface area contributed by atoms with Gasteiger partial charge in [-0.3, -0.25) is 0 Å². The zero-order chi connectivity index (χ0) is 7.11. The largest absolute Gasteiger partial charge is 0.327 e. The van der Waals surface area contributed by atoms with Crippen molar-refractivity contribution in [2.75, 3.05) is 6.54 Å². The van der Waals surface area contributed by atoms with Crippen LogP contribution in [-0.2, 0) is 0 Å². The number of hydrogen-bond acceptors (Lipinski definition) is 1. The van der Waals surface area contributed by atoms with Gasteiger partial charge in [0.2, 0.25) is 0 Å². The molecule has 0 aromatic heterocycles. The fraction of sp³-hybridized carbons (Fsp3) is 0.750. The molecule has 0 heterocycles. The Morgan fingerprint density at radius 3 is 2.67 bits per heavy atom. The van der Waals surface area contributed by atoms with Crippen LogP contribution >= 0.6 is 0 Å². The Hall–Kier alpha value is -0.300. The second-order valence-corrected chi connectivity index (χ2v) is 2.40. The van der Waals surface area contributed by atoms with Crippen molar-refractivity contribution in [2.45, 2.75) is 33.1 Å². The lowest BCUT2D eigenvalue weighted by atomic mass is 10.2. The minimum absolute atomic E-state index is 0.712. The Balaban J connectivity index is 3.21. The van der Waals surface area contributed by atoms with Gasteiger partial charge in [0.05, 0.1) is 0 Å². The summed E-state index contributed by atoms with van der Waals surface area (Å²) in [5, 5.41) is 0. The molecule has 0 aliphatic heterocycles. The molecule has 0 rings (SSSR count). The van der Waals surface area contributed by atoms with Crippen molar-refractivity contribution in [3.63, 3.8) is 0 Å². The van der Waals surface area contributed by atoms with Gasteiger partial charge in [-0.25, -0.2) is 0 Å². The molecule has 0 saturated carbocycles. The van der Waals surface area contributed by atoms with Gasteiger partial charge in [-0.2, -0.15) is 0 Å². The van der Waals surface area contributed by atoms with Crippen LogP contribution in [0.1, 0.15) is 33.1 Å². The summed E-state index contributed by atoms with van der Waals surface area (Å²) in [5.74, 6) is 0. The van der Waals surface area contributed by atoms with Crippen LogP contribution in [-0.4, -0.2) is 6.54 Å². The first-order valence-corrected chi connectivity index (χ1v) is 3.67. The molecule has 2 N–H and O–H groups in total. The van der Waals surface area contributed by atoms with E-state index in [4.69, 9.17) is 5.73 Å². The van der Waals surface area contributed by atoms with Gasteiger partial charge >= 0.3 is 0 Å². The van der Waals surface area contributed by atoms with Gasteiger partial charge in [-0.15, -0.1) is 0 Å². The predicted molar refractivity (Wildman–Crippen MR) is 42.3 cm³/mol. The van der Waals surface area contributed by atoms with Crippen LogP contribution in [0.4, 0.5) is 0 Å². The van der Waals surface area contributed by atoms with Gasteiger partial charge in [0, 0.05) is 6.54 Å². The molecule has 0 atom stereocenters. The average molecular weight is 127 g/mol. The van der Waals surface area contributed by atoms with Gasteiger partial charge in [-0.05, 0) is 13.3 Å². The predicted octanol–water partition coefficient (Wildman–Crippen LogP) is 2.08. The SMILES string of the molecule is CCCC/C=C(/C)CN. The van der Waals surface area contributed by atoms with E-state index in [0.29, 0.717) is 6.54 Å². The van der Waals surface area contributed by atoms with E-state index in [1.165, 1.54) is 24.8 Å². The summed E-state index contributed by atoms with van der Waals surface area (Å²) in [6, 6.07) is 0. The number of rotatable bonds is 4. The van der Waals surface area contributed by atoms with Crippen molar-refractivity contribution in [2.24, 2.45) is 5.73 Å². The Morgan fingerprint density at radius 2 is 2.22 bits per heavy atom. The van der Waals surface area contributed by atoms with Gasteiger partial charge in [-0.1, -0.05) is 31.4 Å². The number of hydrogen-bond donors (Lipinski definition) is 1. The first kappa shape index (κ1) is 8.70. The molecule has 1 heteroatoms. The quantitative estimate of drug-likeness (QED) is 0.454. The normalized spacial score (nSPS) is 12.1. The summed E-state index contributed by atoms with van der Waals surface area (Å²) in [7, 11) is 0. The molecule has 54 valence electrons. The molecule has 0 spiro atoms. The smallest absolute Gasteiger partial charge is 0.0134 e. The Labute approximate surface area is 57.9 Å². The molecule has 0 amide bonds. The highest BCUT2D eigenvalue weighted by Crippen LogP contribution is 1.98. The molecule has 0 aliphatic rings. The number of unbranched alkanes of at least 4 members (excludes halogenated alkanes) is 2. The monoisotopic (exact) mass is 127 g/mol. The average Bonchev–Trinajstić information content (AvgIpc) is 1.89. The van der Waals surface area contributed by atoms with Crippen molar-refractivity contribution < 1.29 is 0 Å². The van der Waals surface area contributed by atoms with Crippen molar-refractivity contribution in [3.8, 4) is 0 Å². The molecule has 0 fully saturated rings. The van der Waals surface area contributed by atoms with Crippen LogP contribution in [0.25, 0.3) is 0 Å². The third kappa shape index (κ3) is 5.57. The van der Waals surface area contributed by atoms with Crippen LogP contribution in [0, 0.1) is 0 Å². The van der Waals surface area contributed by atoms with Crippen molar-refractivity contribution in [3.05, 3.63) is 11.6 Å². The zero-order valence-corrected chi connectivity index (χ0v) is 6.48. The van der Waals surface area contributed by atoms with Crippen LogP contribution in [0.3, 0.4) is 0 Å². The minimum atomic E-state index is 0.712. The van der Waals surface area contributed by atoms with Gasteiger partial charge in [0.1, 0.15) is 0 Å². The number of nitrogens with two attached hydrogens (primary N) is 1. The molecule has 0 aliphatic carbocycles. The molecule has 9 heavy (non-hydrogen) atoms. The Bertz CT molecular complexity index is 84.6. The van der Waals surface area contributed by atoms with E-state index in [0.717, 1.165) is 0 Å². The summed E-state index contributed by atoms with van der Waals surface area (Å²) < 4.78 is 0. The Kier molecular flexibility index (Phi) is 5.64. The second kappa shape index (κ2) is 5.83. The van der Waals surface area contributed by atoms with Gasteiger partial charge in [0.25, 0.3) is 0 Å². The summed E-state index contributed by atoms with van der Waals surface area (Å²) in [6.45, 7) is 4.99. The minimum Gasteiger partial charge on any atom is -0.327 e. The van der Waals surface area contributed by atoms with Crippen molar-refractivity contribution in [1.29, 1.82) is 0 Å². The third-order valence-corrected chi connectivity index (χ3v) is 1.37. The van der Waals surface area contributed by atoms with E-state index in [2.05, 4.69) is 19.9 Å². The van der Waals surface area contributed by atoms with E-state index in [9.17, 15) is 0 Å². The highest BCUT2D eigenvalue weighted by atomic mass is 14.5. The van der Waals surface area contributed by atoms with Crippen molar-refractivity contribution >= 4 is 0 Å². The van der Waals surface area contributed by atoms with E-state index in [1.807, 2.05) is 0 Å². The van der Waals surface area contributed by atoms with E-state index in [-0.39, 0.29) is 0 Å². The molecular formula is C8H17N. The first-order chi connectivity index (χ1) is 4.31. The highest BCUT2D eigenvalue weighted by Gasteiger charge is 1.82. The Morgan fingerprint density at radius 1 is 1.56 bits per heavy atom. The standard InChI is InChI=1S/C8H17N/c1-3-4-5-6-8(2)7-9/h6H,3-5,7,9H2,1-2H3/b8-6-. The lowest BCUT2D eigenvalue weighted by molar-refractivity contribution is 0.809.